The zero-order valence-corrected chi connectivity index (χ0v) is 9.83. The van der Waals surface area contributed by atoms with Crippen LogP contribution >= 0.6 is 0 Å². The Morgan fingerprint density at radius 2 is 2.00 bits per heavy atom. The zero-order valence-electron chi connectivity index (χ0n) is 9.83. The van der Waals surface area contributed by atoms with Crippen molar-refractivity contribution >= 4 is 5.84 Å². The number of nitrogens with zero attached hydrogens (tertiary/aromatic N) is 2. The van der Waals surface area contributed by atoms with E-state index in [0.717, 1.165) is 18.4 Å². The fourth-order valence-electron chi connectivity index (χ4n) is 1.39. The van der Waals surface area contributed by atoms with Crippen LogP contribution in [-0.4, -0.2) is 36.4 Å². The number of hydrogen-bond acceptors (Lipinski definition) is 2. The van der Waals surface area contributed by atoms with Gasteiger partial charge in [-0.05, 0) is 26.8 Å². The summed E-state index contributed by atoms with van der Waals surface area (Å²) in [4.78, 5) is 6.82. The van der Waals surface area contributed by atoms with E-state index >= 15 is 0 Å². The molecule has 1 aliphatic carbocycles. The predicted molar refractivity (Wildman–Crippen MR) is 61.6 cm³/mol. The molecule has 0 aromatic carbocycles. The van der Waals surface area contributed by atoms with E-state index in [4.69, 9.17) is 5.73 Å². The standard InChI is InChI=1S/C11H23N3/c1-8(2)11(12)13-7-9(3)14(4)10-5-6-10/h8-10H,5-7H2,1-4H3,(H2,12,13). The summed E-state index contributed by atoms with van der Waals surface area (Å²) in [5.41, 5.74) is 5.79. The third kappa shape index (κ3) is 3.29. The highest BCUT2D eigenvalue weighted by Gasteiger charge is 2.28. The Labute approximate surface area is 87.4 Å². The average Bonchev–Trinajstić information content (AvgIpc) is 2.95. The molecule has 1 fully saturated rings. The molecule has 1 aliphatic rings. The monoisotopic (exact) mass is 197 g/mol. The van der Waals surface area contributed by atoms with Crippen molar-refractivity contribution in [2.75, 3.05) is 13.6 Å². The van der Waals surface area contributed by atoms with E-state index in [1.54, 1.807) is 0 Å². The SMILES string of the molecule is CC(C)C(N)=NCC(C)N(C)C1CC1. The van der Waals surface area contributed by atoms with E-state index in [9.17, 15) is 0 Å². The first-order valence-corrected chi connectivity index (χ1v) is 5.54. The maximum Gasteiger partial charge on any atom is 0.0963 e. The summed E-state index contributed by atoms with van der Waals surface area (Å²) in [6, 6.07) is 1.32. The predicted octanol–water partition coefficient (Wildman–Crippen LogP) is 1.48. The van der Waals surface area contributed by atoms with Crippen LogP contribution < -0.4 is 5.73 Å². The number of rotatable bonds is 5. The Bertz CT molecular complexity index is 207. The zero-order chi connectivity index (χ0) is 10.7. The Kier molecular flexibility index (Phi) is 3.93. The van der Waals surface area contributed by atoms with E-state index in [2.05, 4.69) is 37.7 Å². The molecule has 0 spiro atoms. The van der Waals surface area contributed by atoms with Crippen LogP contribution in [0.15, 0.2) is 4.99 Å². The smallest absolute Gasteiger partial charge is 0.0963 e. The van der Waals surface area contributed by atoms with Crippen LogP contribution in [0.1, 0.15) is 33.6 Å². The molecule has 0 heterocycles. The van der Waals surface area contributed by atoms with Crippen LogP contribution in [-0.2, 0) is 0 Å². The first kappa shape index (κ1) is 11.5. The van der Waals surface area contributed by atoms with Gasteiger partial charge in [-0.1, -0.05) is 13.8 Å². The molecule has 3 heteroatoms. The Morgan fingerprint density at radius 3 is 2.43 bits per heavy atom. The molecule has 1 saturated carbocycles. The highest BCUT2D eigenvalue weighted by Crippen LogP contribution is 2.26. The molecule has 0 radical (unpaired) electrons. The molecule has 0 aromatic heterocycles. The highest BCUT2D eigenvalue weighted by molar-refractivity contribution is 5.82. The van der Waals surface area contributed by atoms with Crippen molar-refractivity contribution in [3.8, 4) is 0 Å². The van der Waals surface area contributed by atoms with E-state index in [1.807, 2.05) is 0 Å². The molecule has 2 N–H and O–H groups in total. The van der Waals surface area contributed by atoms with Gasteiger partial charge in [0.05, 0.1) is 12.4 Å². The van der Waals surface area contributed by atoms with Crippen molar-refractivity contribution < 1.29 is 0 Å². The van der Waals surface area contributed by atoms with Gasteiger partial charge in [-0.3, -0.25) is 9.89 Å². The molecule has 3 nitrogen and oxygen atoms in total. The highest BCUT2D eigenvalue weighted by atomic mass is 15.2. The lowest BCUT2D eigenvalue weighted by Crippen LogP contribution is -2.34. The molecule has 1 atom stereocenters. The Balaban J connectivity index is 2.32. The first-order chi connectivity index (χ1) is 6.52. The van der Waals surface area contributed by atoms with Gasteiger partial charge in [0.25, 0.3) is 0 Å². The minimum absolute atomic E-state index is 0.369. The first-order valence-electron chi connectivity index (χ1n) is 5.54. The van der Waals surface area contributed by atoms with Crippen molar-refractivity contribution in [1.82, 2.24) is 4.90 Å². The van der Waals surface area contributed by atoms with Gasteiger partial charge in [0.15, 0.2) is 0 Å². The summed E-state index contributed by atoms with van der Waals surface area (Å²) < 4.78 is 0. The molecule has 0 saturated heterocycles. The molecular formula is C11H23N3. The summed E-state index contributed by atoms with van der Waals surface area (Å²) in [5.74, 6) is 1.15. The van der Waals surface area contributed by atoms with Crippen LogP contribution in [0.25, 0.3) is 0 Å². The van der Waals surface area contributed by atoms with Gasteiger partial charge in [0.2, 0.25) is 0 Å². The lowest BCUT2D eigenvalue weighted by molar-refractivity contribution is 0.253. The van der Waals surface area contributed by atoms with Gasteiger partial charge in [-0.2, -0.15) is 0 Å². The quantitative estimate of drug-likeness (QED) is 0.536. The van der Waals surface area contributed by atoms with Gasteiger partial charge >= 0.3 is 0 Å². The van der Waals surface area contributed by atoms with E-state index in [1.165, 1.54) is 12.8 Å². The Hall–Kier alpha value is -0.570. The summed E-state index contributed by atoms with van der Waals surface area (Å²) in [6.07, 6.45) is 2.70. The van der Waals surface area contributed by atoms with E-state index in [-0.39, 0.29) is 0 Å². The molecule has 1 unspecified atom stereocenters. The largest absolute Gasteiger partial charge is 0.387 e. The van der Waals surface area contributed by atoms with Crippen molar-refractivity contribution in [2.45, 2.75) is 45.7 Å². The second-order valence-corrected chi connectivity index (χ2v) is 4.67. The van der Waals surface area contributed by atoms with Crippen molar-refractivity contribution in [2.24, 2.45) is 16.6 Å². The summed E-state index contributed by atoms with van der Waals surface area (Å²) >= 11 is 0. The van der Waals surface area contributed by atoms with Gasteiger partial charge in [0, 0.05) is 18.0 Å². The Morgan fingerprint density at radius 1 is 1.43 bits per heavy atom. The molecule has 0 bridgehead atoms. The second kappa shape index (κ2) is 4.78. The minimum Gasteiger partial charge on any atom is -0.387 e. The van der Waals surface area contributed by atoms with Crippen LogP contribution in [0.4, 0.5) is 0 Å². The summed E-state index contributed by atoms with van der Waals surface area (Å²) in [6.45, 7) is 7.20. The maximum atomic E-state index is 5.79. The second-order valence-electron chi connectivity index (χ2n) is 4.67. The summed E-state index contributed by atoms with van der Waals surface area (Å²) in [7, 11) is 2.18. The van der Waals surface area contributed by atoms with Crippen molar-refractivity contribution in [1.29, 1.82) is 0 Å². The molecule has 14 heavy (non-hydrogen) atoms. The van der Waals surface area contributed by atoms with Gasteiger partial charge in [-0.25, -0.2) is 0 Å². The number of amidine groups is 1. The van der Waals surface area contributed by atoms with Crippen LogP contribution in [0, 0.1) is 5.92 Å². The third-order valence-electron chi connectivity index (χ3n) is 2.95. The van der Waals surface area contributed by atoms with Crippen molar-refractivity contribution in [3.05, 3.63) is 0 Å². The van der Waals surface area contributed by atoms with Crippen molar-refractivity contribution in [3.63, 3.8) is 0 Å². The average molecular weight is 197 g/mol. The fraction of sp³-hybridized carbons (Fsp3) is 0.909. The number of hydrogen-bond donors (Lipinski definition) is 1. The normalized spacial score (nSPS) is 20.6. The third-order valence-corrected chi connectivity index (χ3v) is 2.95. The van der Waals surface area contributed by atoms with Gasteiger partial charge < -0.3 is 5.73 Å². The van der Waals surface area contributed by atoms with Crippen LogP contribution in [0.3, 0.4) is 0 Å². The molecule has 0 aromatic rings. The maximum absolute atomic E-state index is 5.79. The molecular weight excluding hydrogens is 174 g/mol. The topological polar surface area (TPSA) is 41.6 Å². The lowest BCUT2D eigenvalue weighted by atomic mass is 10.2. The van der Waals surface area contributed by atoms with Gasteiger partial charge in [0.1, 0.15) is 0 Å². The summed E-state index contributed by atoms with van der Waals surface area (Å²) in [5, 5.41) is 0. The van der Waals surface area contributed by atoms with Gasteiger partial charge in [-0.15, -0.1) is 0 Å². The van der Waals surface area contributed by atoms with E-state index < -0.39 is 0 Å². The van der Waals surface area contributed by atoms with Crippen LogP contribution in [0.5, 0.6) is 0 Å². The molecule has 0 aliphatic heterocycles. The molecule has 0 amide bonds. The number of likely N-dealkylation sites (N-methyl/N-ethyl adjacent to an activating group) is 1. The molecule has 1 rings (SSSR count). The minimum atomic E-state index is 0.369. The number of aliphatic imine (C=N–C) groups is 1. The fourth-order valence-corrected chi connectivity index (χ4v) is 1.39. The molecule has 82 valence electrons. The number of nitrogens with two attached hydrogens (primary N) is 1. The van der Waals surface area contributed by atoms with Crippen LogP contribution in [0.2, 0.25) is 0 Å². The lowest BCUT2D eigenvalue weighted by Gasteiger charge is -2.23. The van der Waals surface area contributed by atoms with E-state index in [0.29, 0.717) is 12.0 Å².